The highest BCUT2D eigenvalue weighted by atomic mass is 32.1. The second-order valence-electron chi connectivity index (χ2n) is 2.43. The predicted octanol–water partition coefficient (Wildman–Crippen LogP) is 2.31. The molecule has 0 saturated heterocycles. The van der Waals surface area contributed by atoms with Crippen molar-refractivity contribution in [3.8, 4) is 0 Å². The number of aliphatic imine (C=N–C) groups is 1. The summed E-state index contributed by atoms with van der Waals surface area (Å²) in [7, 11) is 0. The summed E-state index contributed by atoms with van der Waals surface area (Å²) >= 11 is 1.53. The normalized spacial score (nSPS) is 11.4. The Hall–Kier alpha value is -1.13. The molecule has 0 fully saturated rings. The minimum Gasteiger partial charge on any atom is -0.390 e. The van der Waals surface area contributed by atoms with E-state index in [9.17, 15) is 0 Å². The molecule has 13 heavy (non-hydrogen) atoms. The van der Waals surface area contributed by atoms with Crippen molar-refractivity contribution in [2.75, 3.05) is 0 Å². The van der Waals surface area contributed by atoms with Crippen LogP contribution < -0.4 is 5.90 Å². The van der Waals surface area contributed by atoms with Gasteiger partial charge in [0.2, 0.25) is 0 Å². The molecule has 0 aliphatic heterocycles. The topological polar surface area (TPSA) is 47.6 Å². The maximum absolute atomic E-state index is 5.10. The molecule has 4 heteroatoms. The Morgan fingerprint density at radius 2 is 2.54 bits per heavy atom. The molecule has 2 N–H and O–H groups in total. The first kappa shape index (κ1) is 9.95. The highest BCUT2D eigenvalue weighted by molar-refractivity contribution is 7.12. The molecular weight excluding hydrogens is 184 g/mol. The van der Waals surface area contributed by atoms with Crippen LogP contribution in [0, 0.1) is 0 Å². The number of allylic oxidation sites excluding steroid dienone is 1. The molecule has 1 aromatic rings. The van der Waals surface area contributed by atoms with Crippen LogP contribution in [0.5, 0.6) is 0 Å². The number of thiophene rings is 1. The summed E-state index contributed by atoms with van der Waals surface area (Å²) < 4.78 is 0. The molecule has 3 nitrogen and oxygen atoms in total. The molecule has 0 aliphatic carbocycles. The zero-order valence-corrected chi connectivity index (χ0v) is 8.30. The van der Waals surface area contributed by atoms with Gasteiger partial charge < -0.3 is 4.84 Å². The minimum atomic E-state index is 0.432. The molecule has 0 aliphatic rings. The van der Waals surface area contributed by atoms with Gasteiger partial charge in [-0.25, -0.2) is 4.99 Å². The summed E-state index contributed by atoms with van der Waals surface area (Å²) in [6, 6.07) is 3.82. The number of hydrogen-bond donors (Lipinski definition) is 1. The van der Waals surface area contributed by atoms with Gasteiger partial charge in [-0.2, -0.15) is 5.90 Å². The molecule has 0 amide bonds. The van der Waals surface area contributed by atoms with Crippen molar-refractivity contribution in [3.63, 3.8) is 0 Å². The fraction of sp³-hybridized carbons (Fsp3) is 0.222. The second-order valence-corrected chi connectivity index (χ2v) is 3.38. The number of nitrogens with zero attached hydrogens (tertiary/aromatic N) is 1. The lowest BCUT2D eigenvalue weighted by atomic mass is 10.4. The van der Waals surface area contributed by atoms with Gasteiger partial charge in [-0.05, 0) is 17.9 Å². The third kappa shape index (κ3) is 2.68. The highest BCUT2D eigenvalue weighted by Gasteiger charge is 2.04. The average Bonchev–Trinajstić information content (AvgIpc) is 2.66. The Morgan fingerprint density at radius 1 is 1.77 bits per heavy atom. The average molecular weight is 196 g/mol. The number of rotatable bonds is 3. The standard InChI is InChI=1S/C9H12N2OS/c1-3-7(2)11-9(12-10)8-5-4-6-13-8/h4-6H,2-3,10H2,1H3. The van der Waals surface area contributed by atoms with Crippen molar-refractivity contribution in [2.24, 2.45) is 10.9 Å². The summed E-state index contributed by atoms with van der Waals surface area (Å²) in [5, 5.41) is 1.94. The lowest BCUT2D eigenvalue weighted by Crippen LogP contribution is -2.10. The zero-order valence-electron chi connectivity index (χ0n) is 7.49. The van der Waals surface area contributed by atoms with Crippen LogP contribution in [-0.2, 0) is 4.84 Å². The lowest BCUT2D eigenvalue weighted by Gasteiger charge is -2.01. The van der Waals surface area contributed by atoms with E-state index >= 15 is 0 Å². The lowest BCUT2D eigenvalue weighted by molar-refractivity contribution is 0.322. The monoisotopic (exact) mass is 196 g/mol. The number of hydrogen-bond acceptors (Lipinski definition) is 4. The molecule has 0 atom stereocenters. The van der Waals surface area contributed by atoms with Gasteiger partial charge in [-0.15, -0.1) is 11.3 Å². The van der Waals surface area contributed by atoms with Crippen LogP contribution in [0.25, 0.3) is 0 Å². The van der Waals surface area contributed by atoms with Gasteiger partial charge in [0.05, 0.1) is 4.88 Å². The van der Waals surface area contributed by atoms with Crippen molar-refractivity contribution in [3.05, 3.63) is 34.7 Å². The van der Waals surface area contributed by atoms with E-state index < -0.39 is 0 Å². The van der Waals surface area contributed by atoms with E-state index in [1.807, 2.05) is 24.4 Å². The largest absolute Gasteiger partial charge is 0.390 e. The second kappa shape index (κ2) is 4.79. The fourth-order valence-electron chi connectivity index (χ4n) is 0.762. The Kier molecular flexibility index (Phi) is 3.67. The minimum absolute atomic E-state index is 0.432. The van der Waals surface area contributed by atoms with Crippen LogP contribution in [0.15, 0.2) is 34.8 Å². The molecule has 0 saturated carbocycles. The van der Waals surface area contributed by atoms with E-state index in [-0.39, 0.29) is 0 Å². The fourth-order valence-corrected chi connectivity index (χ4v) is 1.42. The van der Waals surface area contributed by atoms with Gasteiger partial charge in [0.25, 0.3) is 5.90 Å². The van der Waals surface area contributed by atoms with E-state index in [1.165, 1.54) is 11.3 Å². The van der Waals surface area contributed by atoms with Crippen LogP contribution in [0.1, 0.15) is 18.2 Å². The molecule has 1 heterocycles. The first-order valence-corrected chi connectivity index (χ1v) is 4.83. The quantitative estimate of drug-likeness (QED) is 0.458. The van der Waals surface area contributed by atoms with Crippen molar-refractivity contribution < 1.29 is 4.84 Å². The van der Waals surface area contributed by atoms with E-state index in [4.69, 9.17) is 5.90 Å². The van der Waals surface area contributed by atoms with Gasteiger partial charge in [0.1, 0.15) is 0 Å². The Morgan fingerprint density at radius 3 is 3.00 bits per heavy atom. The molecule has 70 valence electrons. The molecule has 1 aromatic heterocycles. The molecule has 0 unspecified atom stereocenters. The zero-order chi connectivity index (χ0) is 9.68. The summed E-state index contributed by atoms with van der Waals surface area (Å²) in [6.45, 7) is 5.73. The maximum atomic E-state index is 5.10. The summed E-state index contributed by atoms with van der Waals surface area (Å²) in [5.74, 6) is 5.53. The van der Waals surface area contributed by atoms with Gasteiger partial charge in [0.15, 0.2) is 0 Å². The van der Waals surface area contributed by atoms with Crippen LogP contribution in [-0.4, -0.2) is 5.90 Å². The molecule has 0 bridgehead atoms. The molecule has 0 radical (unpaired) electrons. The third-order valence-electron chi connectivity index (χ3n) is 1.51. The van der Waals surface area contributed by atoms with Gasteiger partial charge in [0, 0.05) is 5.70 Å². The highest BCUT2D eigenvalue weighted by Crippen LogP contribution is 2.12. The Balaban J connectivity index is 2.85. The van der Waals surface area contributed by atoms with E-state index in [0.717, 1.165) is 17.0 Å². The predicted molar refractivity (Wildman–Crippen MR) is 55.6 cm³/mol. The number of nitrogens with two attached hydrogens (primary N) is 1. The van der Waals surface area contributed by atoms with Gasteiger partial charge >= 0.3 is 0 Å². The van der Waals surface area contributed by atoms with Crippen LogP contribution in [0.2, 0.25) is 0 Å². The van der Waals surface area contributed by atoms with Crippen molar-refractivity contribution in [1.82, 2.24) is 0 Å². The van der Waals surface area contributed by atoms with Crippen molar-refractivity contribution in [1.29, 1.82) is 0 Å². The van der Waals surface area contributed by atoms with Crippen LogP contribution in [0.3, 0.4) is 0 Å². The van der Waals surface area contributed by atoms with E-state index in [2.05, 4.69) is 16.4 Å². The third-order valence-corrected chi connectivity index (χ3v) is 2.37. The van der Waals surface area contributed by atoms with Crippen LogP contribution >= 0.6 is 11.3 Å². The first-order valence-electron chi connectivity index (χ1n) is 3.95. The SMILES string of the molecule is C=C(CC)N=C(ON)c1cccs1. The summed E-state index contributed by atoms with van der Waals surface area (Å²) in [4.78, 5) is 9.72. The smallest absolute Gasteiger partial charge is 0.254 e. The first-order chi connectivity index (χ1) is 6.27. The molecule has 1 rings (SSSR count). The van der Waals surface area contributed by atoms with E-state index in [0.29, 0.717) is 5.90 Å². The molecule has 0 spiro atoms. The maximum Gasteiger partial charge on any atom is 0.254 e. The molecular formula is C9H12N2OS. The summed E-state index contributed by atoms with van der Waals surface area (Å²) in [5.41, 5.74) is 0.758. The van der Waals surface area contributed by atoms with Gasteiger partial charge in [-0.3, -0.25) is 0 Å². The van der Waals surface area contributed by atoms with Crippen molar-refractivity contribution >= 4 is 17.2 Å². The van der Waals surface area contributed by atoms with Crippen molar-refractivity contribution in [2.45, 2.75) is 13.3 Å². The Labute approximate surface area is 81.5 Å². The Bertz CT molecular complexity index is 303. The van der Waals surface area contributed by atoms with Crippen LogP contribution in [0.4, 0.5) is 0 Å². The summed E-state index contributed by atoms with van der Waals surface area (Å²) in [6.07, 6.45) is 0.790. The molecule has 0 aromatic carbocycles. The van der Waals surface area contributed by atoms with E-state index in [1.54, 1.807) is 0 Å². The van der Waals surface area contributed by atoms with Gasteiger partial charge in [-0.1, -0.05) is 19.6 Å².